The zero-order valence-corrected chi connectivity index (χ0v) is 20.1. The van der Waals surface area contributed by atoms with Crippen LogP contribution in [0.5, 0.6) is 23.0 Å². The number of halogens is 1. The summed E-state index contributed by atoms with van der Waals surface area (Å²) in [7, 11) is 0. The van der Waals surface area contributed by atoms with Crippen LogP contribution >= 0.6 is 11.6 Å². The second-order valence-electron chi connectivity index (χ2n) is 7.66. The molecule has 3 aromatic carbocycles. The molecule has 0 aliphatic carbocycles. The van der Waals surface area contributed by atoms with Crippen LogP contribution in [0.1, 0.15) is 22.3 Å². The quantitative estimate of drug-likeness (QED) is 0.265. The van der Waals surface area contributed by atoms with E-state index in [-0.39, 0.29) is 12.2 Å². The molecule has 0 bridgehead atoms. The summed E-state index contributed by atoms with van der Waals surface area (Å²) < 4.78 is 22.6. The molecule has 0 spiro atoms. The number of hydrazine groups is 1. The van der Waals surface area contributed by atoms with Gasteiger partial charge in [0.15, 0.2) is 11.5 Å². The van der Waals surface area contributed by atoms with Crippen LogP contribution in [0.15, 0.2) is 72.8 Å². The number of ether oxygens (including phenoxy) is 4. The molecule has 2 N–H and O–H groups in total. The minimum Gasteiger partial charge on any atom is -0.490 e. The van der Waals surface area contributed by atoms with E-state index in [0.29, 0.717) is 47.7 Å². The van der Waals surface area contributed by atoms with Crippen molar-refractivity contribution < 1.29 is 28.5 Å². The fourth-order valence-corrected chi connectivity index (χ4v) is 3.63. The van der Waals surface area contributed by atoms with Gasteiger partial charge in [-0.25, -0.2) is 0 Å². The molecule has 3 aromatic rings. The first-order valence-electron chi connectivity index (χ1n) is 11.4. The molecule has 2 amide bonds. The van der Waals surface area contributed by atoms with Crippen molar-refractivity contribution in [2.75, 3.05) is 26.4 Å². The maximum absolute atomic E-state index is 12.6. The van der Waals surface area contributed by atoms with Gasteiger partial charge in [0, 0.05) is 12.5 Å². The largest absolute Gasteiger partial charge is 0.490 e. The molecule has 8 nitrogen and oxygen atoms in total. The van der Waals surface area contributed by atoms with Gasteiger partial charge < -0.3 is 18.9 Å². The van der Waals surface area contributed by atoms with Gasteiger partial charge in [-0.2, -0.15) is 0 Å². The summed E-state index contributed by atoms with van der Waals surface area (Å²) >= 11 is 6.28. The molecule has 0 saturated heterocycles. The smallest absolute Gasteiger partial charge is 0.273 e. The topological polar surface area (TPSA) is 95.1 Å². The van der Waals surface area contributed by atoms with Gasteiger partial charge in [-0.05, 0) is 48.0 Å². The number of benzene rings is 3. The highest BCUT2D eigenvalue weighted by atomic mass is 35.5. The molecule has 1 heterocycles. The lowest BCUT2D eigenvalue weighted by Gasteiger charge is -2.12. The zero-order chi connectivity index (χ0) is 25.2. The summed E-state index contributed by atoms with van der Waals surface area (Å²) in [5, 5.41) is 0.397. The Morgan fingerprint density at radius 2 is 1.67 bits per heavy atom. The van der Waals surface area contributed by atoms with Crippen molar-refractivity contribution in [3.05, 3.63) is 89.0 Å². The highest BCUT2D eigenvalue weighted by Gasteiger charge is 2.15. The van der Waals surface area contributed by atoms with Crippen LogP contribution < -0.4 is 29.8 Å². The van der Waals surface area contributed by atoms with Crippen LogP contribution in [0.3, 0.4) is 0 Å². The van der Waals surface area contributed by atoms with Crippen LogP contribution in [0.4, 0.5) is 0 Å². The molecule has 0 atom stereocenters. The molecule has 0 saturated carbocycles. The Balaban J connectivity index is 1.29. The third-order valence-corrected chi connectivity index (χ3v) is 5.32. The highest BCUT2D eigenvalue weighted by molar-refractivity contribution is 6.32. The standard InChI is InChI=1S/C27H25ClN2O6/c28-22-17-19(18-24-26(22)36-14-6-13-34-24)11-12-25(31)29-30-27(32)21-9-4-5-10-23(21)35-16-15-33-20-7-2-1-3-8-20/h1-5,7-12,17-18H,6,13-16H2,(H,29,31)(H,30,32). The number of hydrogen-bond acceptors (Lipinski definition) is 6. The van der Waals surface area contributed by atoms with E-state index in [2.05, 4.69) is 10.9 Å². The molecule has 0 aromatic heterocycles. The third kappa shape index (κ3) is 6.93. The monoisotopic (exact) mass is 508 g/mol. The highest BCUT2D eigenvalue weighted by Crippen LogP contribution is 2.38. The Morgan fingerprint density at radius 1 is 0.917 bits per heavy atom. The van der Waals surface area contributed by atoms with Gasteiger partial charge in [0.25, 0.3) is 11.8 Å². The van der Waals surface area contributed by atoms with Crippen LogP contribution in [0, 0.1) is 0 Å². The number of rotatable bonds is 8. The molecule has 0 fully saturated rings. The van der Waals surface area contributed by atoms with E-state index in [1.807, 2.05) is 30.3 Å². The minimum absolute atomic E-state index is 0.242. The number of amides is 2. The van der Waals surface area contributed by atoms with Crippen molar-refractivity contribution >= 4 is 29.5 Å². The van der Waals surface area contributed by atoms with Crippen molar-refractivity contribution in [3.8, 4) is 23.0 Å². The number of nitrogens with one attached hydrogen (secondary N) is 2. The van der Waals surface area contributed by atoms with Crippen LogP contribution in [-0.4, -0.2) is 38.2 Å². The zero-order valence-electron chi connectivity index (χ0n) is 19.4. The molecular formula is C27H25ClN2O6. The first-order chi connectivity index (χ1) is 17.6. The molecule has 4 rings (SSSR count). The lowest BCUT2D eigenvalue weighted by Crippen LogP contribution is -2.40. The maximum Gasteiger partial charge on any atom is 0.273 e. The molecule has 36 heavy (non-hydrogen) atoms. The third-order valence-electron chi connectivity index (χ3n) is 5.04. The first kappa shape index (κ1) is 24.9. The van der Waals surface area contributed by atoms with Crippen molar-refractivity contribution in [2.45, 2.75) is 6.42 Å². The van der Waals surface area contributed by atoms with Gasteiger partial charge in [0.2, 0.25) is 0 Å². The Labute approximate surface area is 213 Å². The summed E-state index contributed by atoms with van der Waals surface area (Å²) in [5.74, 6) is 1.08. The van der Waals surface area contributed by atoms with E-state index in [1.54, 1.807) is 42.5 Å². The Morgan fingerprint density at radius 3 is 2.53 bits per heavy atom. The predicted molar refractivity (Wildman–Crippen MR) is 136 cm³/mol. The predicted octanol–water partition coefficient (Wildman–Crippen LogP) is 4.43. The normalized spacial score (nSPS) is 12.5. The number of carbonyl (C=O) groups is 2. The summed E-state index contributed by atoms with van der Waals surface area (Å²) in [6, 6.07) is 19.5. The summed E-state index contributed by atoms with van der Waals surface area (Å²) in [5.41, 5.74) is 5.68. The fourth-order valence-electron chi connectivity index (χ4n) is 3.35. The molecule has 9 heteroatoms. The lowest BCUT2D eigenvalue weighted by atomic mass is 10.2. The van der Waals surface area contributed by atoms with Gasteiger partial charge in [-0.1, -0.05) is 41.9 Å². The van der Waals surface area contributed by atoms with Gasteiger partial charge >= 0.3 is 0 Å². The number of fused-ring (bicyclic) bond motifs is 1. The average Bonchev–Trinajstić information content (AvgIpc) is 3.15. The van der Waals surface area contributed by atoms with Crippen LogP contribution in [-0.2, 0) is 4.79 Å². The Kier molecular flexibility index (Phi) is 8.67. The average molecular weight is 509 g/mol. The van der Waals surface area contributed by atoms with E-state index in [9.17, 15) is 9.59 Å². The molecule has 1 aliphatic rings. The van der Waals surface area contributed by atoms with Crippen LogP contribution in [0.25, 0.3) is 6.08 Å². The van der Waals surface area contributed by atoms with E-state index in [0.717, 1.165) is 12.2 Å². The van der Waals surface area contributed by atoms with E-state index >= 15 is 0 Å². The van der Waals surface area contributed by atoms with Crippen molar-refractivity contribution in [1.82, 2.24) is 10.9 Å². The van der Waals surface area contributed by atoms with Crippen molar-refractivity contribution in [1.29, 1.82) is 0 Å². The van der Waals surface area contributed by atoms with E-state index < -0.39 is 11.8 Å². The van der Waals surface area contributed by atoms with E-state index in [4.69, 9.17) is 30.5 Å². The number of para-hydroxylation sites is 2. The molecule has 186 valence electrons. The second kappa shape index (κ2) is 12.5. The second-order valence-corrected chi connectivity index (χ2v) is 8.07. The first-order valence-corrected chi connectivity index (χ1v) is 11.7. The van der Waals surface area contributed by atoms with Gasteiger partial charge in [0.1, 0.15) is 24.7 Å². The SMILES string of the molecule is O=C(C=Cc1cc(Cl)c2c(c1)OCCCO2)NNC(=O)c1ccccc1OCCOc1ccccc1. The number of carbonyl (C=O) groups excluding carboxylic acids is 2. The molecule has 0 unspecified atom stereocenters. The summed E-state index contributed by atoms with van der Waals surface area (Å²) in [6.07, 6.45) is 3.60. The summed E-state index contributed by atoms with van der Waals surface area (Å²) in [4.78, 5) is 24.9. The van der Waals surface area contributed by atoms with Crippen LogP contribution in [0.2, 0.25) is 5.02 Å². The van der Waals surface area contributed by atoms with E-state index in [1.165, 1.54) is 6.08 Å². The fraction of sp³-hybridized carbons (Fsp3) is 0.185. The van der Waals surface area contributed by atoms with Crippen molar-refractivity contribution in [2.24, 2.45) is 0 Å². The molecule has 0 radical (unpaired) electrons. The van der Waals surface area contributed by atoms with Gasteiger partial charge in [-0.15, -0.1) is 0 Å². The van der Waals surface area contributed by atoms with Crippen molar-refractivity contribution in [3.63, 3.8) is 0 Å². The lowest BCUT2D eigenvalue weighted by molar-refractivity contribution is -0.117. The Bertz CT molecular complexity index is 1230. The molecular weight excluding hydrogens is 484 g/mol. The number of hydrogen-bond donors (Lipinski definition) is 2. The Hall–Kier alpha value is -4.17. The van der Waals surface area contributed by atoms with Gasteiger partial charge in [0.05, 0.1) is 23.8 Å². The summed E-state index contributed by atoms with van der Waals surface area (Å²) in [6.45, 7) is 1.60. The molecule has 1 aliphatic heterocycles. The minimum atomic E-state index is -0.527. The maximum atomic E-state index is 12.6. The van der Waals surface area contributed by atoms with Gasteiger partial charge in [-0.3, -0.25) is 20.4 Å².